The van der Waals surface area contributed by atoms with Crippen LogP contribution in [0.25, 0.3) is 0 Å². The highest BCUT2D eigenvalue weighted by atomic mass is 32.1. The van der Waals surface area contributed by atoms with Crippen LogP contribution in [-0.2, 0) is 17.8 Å². The number of likely N-dealkylation sites (N-methyl/N-ethyl adjacent to an activating group) is 1. The quantitative estimate of drug-likeness (QED) is 0.806. The van der Waals surface area contributed by atoms with Gasteiger partial charge in [-0.3, -0.25) is 4.79 Å². The Hall–Kier alpha value is -1.61. The smallest absolute Gasteiger partial charge is 0.228 e. The molecule has 0 fully saturated rings. The lowest BCUT2D eigenvalue weighted by Crippen LogP contribution is -2.31. The molecule has 94 valence electrons. The summed E-state index contributed by atoms with van der Waals surface area (Å²) in [4.78, 5) is 15.2. The molecule has 0 atom stereocenters. The fourth-order valence-corrected chi connectivity index (χ4v) is 2.55. The molecule has 2 nitrogen and oxygen atoms in total. The Labute approximate surface area is 112 Å². The maximum absolute atomic E-state index is 12.2. The van der Waals surface area contributed by atoms with Crippen LogP contribution in [0.5, 0.6) is 0 Å². The van der Waals surface area contributed by atoms with Crippen LogP contribution >= 0.6 is 11.3 Å². The summed E-state index contributed by atoms with van der Waals surface area (Å²) < 4.78 is 0. The van der Waals surface area contributed by atoms with Gasteiger partial charge in [0.15, 0.2) is 0 Å². The molecule has 0 saturated heterocycles. The van der Waals surface area contributed by atoms with Crippen LogP contribution in [0.1, 0.15) is 17.4 Å². The van der Waals surface area contributed by atoms with E-state index in [1.807, 2.05) is 47.5 Å². The zero-order valence-electron chi connectivity index (χ0n) is 10.5. The van der Waals surface area contributed by atoms with E-state index in [0.717, 1.165) is 11.4 Å². The van der Waals surface area contributed by atoms with Crippen LogP contribution < -0.4 is 0 Å². The van der Waals surface area contributed by atoms with Gasteiger partial charge in [0, 0.05) is 18.0 Å². The van der Waals surface area contributed by atoms with Crippen molar-refractivity contribution in [2.75, 3.05) is 6.54 Å². The zero-order chi connectivity index (χ0) is 12.8. The van der Waals surface area contributed by atoms with Crippen LogP contribution in [0.4, 0.5) is 0 Å². The number of hydrogen-bond acceptors (Lipinski definition) is 2. The van der Waals surface area contributed by atoms with E-state index in [9.17, 15) is 4.79 Å². The molecule has 0 aliphatic rings. The Morgan fingerprint density at radius 1 is 1.17 bits per heavy atom. The summed E-state index contributed by atoms with van der Waals surface area (Å²) in [6.45, 7) is 3.47. The second-order valence-corrected chi connectivity index (χ2v) is 5.18. The average Bonchev–Trinajstić information content (AvgIpc) is 2.90. The molecule has 2 aromatic rings. The molecule has 0 saturated carbocycles. The minimum Gasteiger partial charge on any atom is -0.338 e. The SMILES string of the molecule is CCN(Cc1ccccc1)C(=O)Cc1cccs1. The van der Waals surface area contributed by atoms with Crippen LogP contribution in [-0.4, -0.2) is 17.4 Å². The first-order valence-electron chi connectivity index (χ1n) is 6.13. The Morgan fingerprint density at radius 2 is 1.94 bits per heavy atom. The maximum atomic E-state index is 12.2. The predicted octanol–water partition coefficient (Wildman–Crippen LogP) is 3.34. The van der Waals surface area contributed by atoms with Crippen molar-refractivity contribution in [2.24, 2.45) is 0 Å². The van der Waals surface area contributed by atoms with E-state index in [-0.39, 0.29) is 5.91 Å². The number of benzene rings is 1. The van der Waals surface area contributed by atoms with E-state index in [1.165, 1.54) is 5.56 Å². The lowest BCUT2D eigenvalue weighted by Gasteiger charge is -2.20. The van der Waals surface area contributed by atoms with Crippen molar-refractivity contribution in [1.29, 1.82) is 0 Å². The predicted molar refractivity (Wildman–Crippen MR) is 75.6 cm³/mol. The van der Waals surface area contributed by atoms with Crippen molar-refractivity contribution in [3.05, 3.63) is 58.3 Å². The first kappa shape index (κ1) is 12.8. The van der Waals surface area contributed by atoms with E-state index >= 15 is 0 Å². The number of carbonyl (C=O) groups excluding carboxylic acids is 1. The molecule has 0 spiro atoms. The summed E-state index contributed by atoms with van der Waals surface area (Å²) in [5.74, 6) is 0.198. The molecular weight excluding hydrogens is 242 g/mol. The van der Waals surface area contributed by atoms with Crippen molar-refractivity contribution in [3.8, 4) is 0 Å². The minimum atomic E-state index is 0.198. The van der Waals surface area contributed by atoms with Crippen LogP contribution in [0.2, 0.25) is 0 Å². The summed E-state index contributed by atoms with van der Waals surface area (Å²) in [6.07, 6.45) is 0.512. The monoisotopic (exact) mass is 259 g/mol. The lowest BCUT2D eigenvalue weighted by atomic mass is 10.2. The Balaban J connectivity index is 1.98. The van der Waals surface area contributed by atoms with Gasteiger partial charge in [0.2, 0.25) is 5.91 Å². The van der Waals surface area contributed by atoms with Crippen LogP contribution in [0.15, 0.2) is 47.8 Å². The number of hydrogen-bond donors (Lipinski definition) is 0. The highest BCUT2D eigenvalue weighted by molar-refractivity contribution is 7.10. The zero-order valence-corrected chi connectivity index (χ0v) is 11.3. The van der Waals surface area contributed by atoms with E-state index in [4.69, 9.17) is 0 Å². The van der Waals surface area contributed by atoms with E-state index in [1.54, 1.807) is 11.3 Å². The summed E-state index contributed by atoms with van der Waals surface area (Å²) in [6, 6.07) is 14.1. The second-order valence-electron chi connectivity index (χ2n) is 4.15. The van der Waals surface area contributed by atoms with E-state index in [2.05, 4.69) is 12.1 Å². The lowest BCUT2D eigenvalue weighted by molar-refractivity contribution is -0.130. The van der Waals surface area contributed by atoms with Gasteiger partial charge in [-0.15, -0.1) is 11.3 Å². The fourth-order valence-electron chi connectivity index (χ4n) is 1.85. The van der Waals surface area contributed by atoms with Gasteiger partial charge in [0.25, 0.3) is 0 Å². The standard InChI is InChI=1S/C15H17NOS/c1-2-16(12-13-7-4-3-5-8-13)15(17)11-14-9-6-10-18-14/h3-10H,2,11-12H2,1H3. The molecule has 0 aliphatic carbocycles. The maximum Gasteiger partial charge on any atom is 0.228 e. The number of carbonyl (C=O) groups is 1. The minimum absolute atomic E-state index is 0.198. The van der Waals surface area contributed by atoms with Crippen molar-refractivity contribution in [3.63, 3.8) is 0 Å². The third kappa shape index (κ3) is 3.44. The van der Waals surface area contributed by atoms with Crippen molar-refractivity contribution < 1.29 is 4.79 Å². The highest BCUT2D eigenvalue weighted by Gasteiger charge is 2.12. The van der Waals surface area contributed by atoms with Gasteiger partial charge < -0.3 is 4.90 Å². The number of thiophene rings is 1. The molecule has 0 N–H and O–H groups in total. The molecule has 0 radical (unpaired) electrons. The Bertz CT molecular complexity index is 478. The van der Waals surface area contributed by atoms with Crippen molar-refractivity contribution >= 4 is 17.2 Å². The van der Waals surface area contributed by atoms with E-state index < -0.39 is 0 Å². The van der Waals surface area contributed by atoms with Gasteiger partial charge in [0.1, 0.15) is 0 Å². The van der Waals surface area contributed by atoms with Gasteiger partial charge in [0.05, 0.1) is 6.42 Å². The molecule has 3 heteroatoms. The second kappa shape index (κ2) is 6.36. The van der Waals surface area contributed by atoms with E-state index in [0.29, 0.717) is 13.0 Å². The number of nitrogens with zero attached hydrogens (tertiary/aromatic N) is 1. The van der Waals surface area contributed by atoms with Gasteiger partial charge in [-0.2, -0.15) is 0 Å². The Kier molecular flexibility index (Phi) is 4.53. The Morgan fingerprint density at radius 3 is 2.56 bits per heavy atom. The third-order valence-electron chi connectivity index (χ3n) is 2.86. The molecule has 1 heterocycles. The summed E-state index contributed by atoms with van der Waals surface area (Å²) in [7, 11) is 0. The summed E-state index contributed by atoms with van der Waals surface area (Å²) in [5.41, 5.74) is 1.18. The molecule has 1 amide bonds. The molecule has 0 unspecified atom stereocenters. The fraction of sp³-hybridized carbons (Fsp3) is 0.267. The van der Waals surface area contributed by atoms with Crippen LogP contribution in [0.3, 0.4) is 0 Å². The summed E-state index contributed by atoms with van der Waals surface area (Å²) in [5, 5.41) is 2.01. The van der Waals surface area contributed by atoms with Gasteiger partial charge in [-0.05, 0) is 23.9 Å². The molecule has 2 rings (SSSR count). The molecule has 18 heavy (non-hydrogen) atoms. The topological polar surface area (TPSA) is 20.3 Å². The van der Waals surface area contributed by atoms with Crippen molar-refractivity contribution in [1.82, 2.24) is 4.90 Å². The van der Waals surface area contributed by atoms with Gasteiger partial charge >= 0.3 is 0 Å². The average molecular weight is 259 g/mol. The highest BCUT2D eigenvalue weighted by Crippen LogP contribution is 2.12. The summed E-state index contributed by atoms with van der Waals surface area (Å²) >= 11 is 1.64. The normalized spacial score (nSPS) is 10.3. The first-order valence-corrected chi connectivity index (χ1v) is 7.01. The molecule has 0 aliphatic heterocycles. The van der Waals surface area contributed by atoms with Gasteiger partial charge in [-0.25, -0.2) is 0 Å². The molecule has 1 aromatic heterocycles. The molecule has 1 aromatic carbocycles. The molecule has 0 bridgehead atoms. The molecular formula is C15H17NOS. The van der Waals surface area contributed by atoms with Crippen LogP contribution in [0, 0.1) is 0 Å². The van der Waals surface area contributed by atoms with Gasteiger partial charge in [-0.1, -0.05) is 36.4 Å². The number of amides is 1. The first-order chi connectivity index (χ1) is 8.79. The third-order valence-corrected chi connectivity index (χ3v) is 3.73. The largest absolute Gasteiger partial charge is 0.338 e. The number of rotatable bonds is 5. The van der Waals surface area contributed by atoms with Crippen molar-refractivity contribution in [2.45, 2.75) is 19.9 Å².